The predicted molar refractivity (Wildman–Crippen MR) is 71.4 cm³/mol. The Bertz CT molecular complexity index is 517. The van der Waals surface area contributed by atoms with Crippen LogP contribution in [0, 0.1) is 13.8 Å². The van der Waals surface area contributed by atoms with Crippen LogP contribution in [0.25, 0.3) is 0 Å². The van der Waals surface area contributed by atoms with E-state index in [4.69, 9.17) is 11.6 Å². The largest absolute Gasteiger partial charge is 0.384 e. The molecule has 0 radical (unpaired) electrons. The summed E-state index contributed by atoms with van der Waals surface area (Å²) in [6.07, 6.45) is -0.591. The van der Waals surface area contributed by atoms with Gasteiger partial charge in [0.2, 0.25) is 0 Å². The van der Waals surface area contributed by atoms with Crippen LogP contribution in [0.2, 0.25) is 5.02 Å². The summed E-state index contributed by atoms with van der Waals surface area (Å²) in [5.41, 5.74) is 4.20. The van der Waals surface area contributed by atoms with Gasteiger partial charge in [-0.2, -0.15) is 0 Å². The SMILES string of the molecule is Cc1ccc(C(O)c2ccc(Cl)cc2)cc1C. The Balaban J connectivity index is 2.33. The third-order valence-corrected chi connectivity index (χ3v) is 3.28. The molecule has 0 aliphatic heterocycles. The molecule has 0 aliphatic rings. The van der Waals surface area contributed by atoms with Gasteiger partial charge in [0.1, 0.15) is 6.10 Å². The van der Waals surface area contributed by atoms with Gasteiger partial charge in [0, 0.05) is 5.02 Å². The van der Waals surface area contributed by atoms with Crippen molar-refractivity contribution in [2.24, 2.45) is 0 Å². The van der Waals surface area contributed by atoms with E-state index in [0.717, 1.165) is 11.1 Å². The van der Waals surface area contributed by atoms with E-state index in [1.807, 2.05) is 37.3 Å². The minimum absolute atomic E-state index is 0.591. The van der Waals surface area contributed by atoms with E-state index in [9.17, 15) is 5.11 Å². The Morgan fingerprint density at radius 1 is 0.882 bits per heavy atom. The smallest absolute Gasteiger partial charge is 0.104 e. The molecule has 0 spiro atoms. The molecule has 0 heterocycles. The first-order chi connectivity index (χ1) is 8.08. The molecule has 0 fully saturated rings. The molecule has 0 bridgehead atoms. The van der Waals surface area contributed by atoms with Crippen molar-refractivity contribution in [2.75, 3.05) is 0 Å². The van der Waals surface area contributed by atoms with Crippen molar-refractivity contribution < 1.29 is 5.11 Å². The molecule has 0 saturated heterocycles. The van der Waals surface area contributed by atoms with Crippen LogP contribution in [-0.2, 0) is 0 Å². The molecule has 0 amide bonds. The highest BCUT2D eigenvalue weighted by Crippen LogP contribution is 2.24. The van der Waals surface area contributed by atoms with E-state index in [0.29, 0.717) is 5.02 Å². The molecule has 0 saturated carbocycles. The normalized spacial score (nSPS) is 12.5. The second kappa shape index (κ2) is 4.91. The summed E-state index contributed by atoms with van der Waals surface area (Å²) in [5.74, 6) is 0. The fourth-order valence-electron chi connectivity index (χ4n) is 1.77. The van der Waals surface area contributed by atoms with Crippen molar-refractivity contribution in [3.05, 3.63) is 69.7 Å². The van der Waals surface area contributed by atoms with Crippen LogP contribution < -0.4 is 0 Å². The van der Waals surface area contributed by atoms with Gasteiger partial charge in [0.15, 0.2) is 0 Å². The fourth-order valence-corrected chi connectivity index (χ4v) is 1.90. The monoisotopic (exact) mass is 246 g/mol. The first kappa shape index (κ1) is 12.2. The Hall–Kier alpha value is -1.31. The Labute approximate surface area is 107 Å². The van der Waals surface area contributed by atoms with Crippen molar-refractivity contribution in [3.8, 4) is 0 Å². The number of benzene rings is 2. The van der Waals surface area contributed by atoms with Crippen LogP contribution in [0.3, 0.4) is 0 Å². The number of aliphatic hydroxyl groups excluding tert-OH is 1. The van der Waals surface area contributed by atoms with Crippen molar-refractivity contribution in [1.82, 2.24) is 0 Å². The maximum Gasteiger partial charge on any atom is 0.104 e. The van der Waals surface area contributed by atoms with Crippen molar-refractivity contribution >= 4 is 11.6 Å². The maximum absolute atomic E-state index is 10.3. The van der Waals surface area contributed by atoms with Gasteiger partial charge in [-0.1, -0.05) is 41.9 Å². The van der Waals surface area contributed by atoms with Gasteiger partial charge in [0.25, 0.3) is 0 Å². The van der Waals surface area contributed by atoms with Gasteiger partial charge >= 0.3 is 0 Å². The summed E-state index contributed by atoms with van der Waals surface area (Å²) < 4.78 is 0. The van der Waals surface area contributed by atoms with Crippen LogP contribution >= 0.6 is 11.6 Å². The molecule has 17 heavy (non-hydrogen) atoms. The van der Waals surface area contributed by atoms with E-state index >= 15 is 0 Å². The lowest BCUT2D eigenvalue weighted by Crippen LogP contribution is -2.00. The van der Waals surface area contributed by atoms with Gasteiger partial charge in [-0.3, -0.25) is 0 Å². The summed E-state index contributed by atoms with van der Waals surface area (Å²) in [7, 11) is 0. The molecule has 2 aromatic rings. The molecule has 2 heteroatoms. The van der Waals surface area contributed by atoms with Crippen LogP contribution in [0.1, 0.15) is 28.4 Å². The van der Waals surface area contributed by atoms with Crippen LogP contribution in [0.4, 0.5) is 0 Å². The van der Waals surface area contributed by atoms with Crippen molar-refractivity contribution in [2.45, 2.75) is 20.0 Å². The number of rotatable bonds is 2. The Morgan fingerprint density at radius 3 is 2.06 bits per heavy atom. The Morgan fingerprint density at radius 2 is 1.47 bits per heavy atom. The lowest BCUT2D eigenvalue weighted by Gasteiger charge is -2.13. The number of aliphatic hydroxyl groups is 1. The third kappa shape index (κ3) is 2.68. The molecular weight excluding hydrogens is 232 g/mol. The van der Waals surface area contributed by atoms with Crippen LogP contribution in [0.5, 0.6) is 0 Å². The van der Waals surface area contributed by atoms with E-state index in [1.54, 1.807) is 12.1 Å². The fraction of sp³-hybridized carbons (Fsp3) is 0.200. The van der Waals surface area contributed by atoms with E-state index in [-0.39, 0.29) is 0 Å². The standard InChI is InChI=1S/C15H15ClO/c1-10-3-4-13(9-11(10)2)15(17)12-5-7-14(16)8-6-12/h3-9,15,17H,1-2H3. The zero-order valence-corrected chi connectivity index (χ0v) is 10.7. The molecule has 1 unspecified atom stereocenters. The van der Waals surface area contributed by atoms with E-state index < -0.39 is 6.10 Å². The number of aryl methyl sites for hydroxylation is 2. The third-order valence-electron chi connectivity index (χ3n) is 3.03. The highest BCUT2D eigenvalue weighted by Gasteiger charge is 2.10. The summed E-state index contributed by atoms with van der Waals surface area (Å²) in [6, 6.07) is 13.3. The molecule has 1 nitrogen and oxygen atoms in total. The lowest BCUT2D eigenvalue weighted by atomic mass is 9.98. The van der Waals surface area contributed by atoms with Gasteiger partial charge in [0.05, 0.1) is 0 Å². The zero-order valence-electron chi connectivity index (χ0n) is 9.94. The van der Waals surface area contributed by atoms with Gasteiger partial charge in [-0.25, -0.2) is 0 Å². The number of halogens is 1. The Kier molecular flexibility index (Phi) is 3.51. The average Bonchev–Trinajstić information content (AvgIpc) is 2.33. The second-order valence-electron chi connectivity index (χ2n) is 4.30. The van der Waals surface area contributed by atoms with E-state index in [1.165, 1.54) is 11.1 Å². The molecule has 1 atom stereocenters. The zero-order chi connectivity index (χ0) is 12.4. The lowest BCUT2D eigenvalue weighted by molar-refractivity contribution is 0.220. The van der Waals surface area contributed by atoms with Crippen LogP contribution in [0.15, 0.2) is 42.5 Å². The highest BCUT2D eigenvalue weighted by atomic mass is 35.5. The highest BCUT2D eigenvalue weighted by molar-refractivity contribution is 6.30. The first-order valence-corrected chi connectivity index (χ1v) is 5.96. The topological polar surface area (TPSA) is 20.2 Å². The van der Waals surface area contributed by atoms with Crippen molar-refractivity contribution in [1.29, 1.82) is 0 Å². The molecular formula is C15H15ClO. The minimum atomic E-state index is -0.591. The number of hydrogen-bond acceptors (Lipinski definition) is 1. The maximum atomic E-state index is 10.3. The molecule has 1 N–H and O–H groups in total. The van der Waals surface area contributed by atoms with Gasteiger partial charge < -0.3 is 5.11 Å². The number of hydrogen-bond donors (Lipinski definition) is 1. The molecule has 2 rings (SSSR count). The summed E-state index contributed by atoms with van der Waals surface area (Å²) in [4.78, 5) is 0. The van der Waals surface area contributed by atoms with Gasteiger partial charge in [-0.15, -0.1) is 0 Å². The molecule has 0 aliphatic carbocycles. The predicted octanol–water partition coefficient (Wildman–Crippen LogP) is 4.04. The minimum Gasteiger partial charge on any atom is -0.384 e. The summed E-state index contributed by atoms with van der Waals surface area (Å²) in [6.45, 7) is 4.11. The molecule has 0 aromatic heterocycles. The molecule has 88 valence electrons. The summed E-state index contributed by atoms with van der Waals surface area (Å²) >= 11 is 5.83. The van der Waals surface area contributed by atoms with E-state index in [2.05, 4.69) is 6.92 Å². The molecule has 2 aromatic carbocycles. The first-order valence-electron chi connectivity index (χ1n) is 5.58. The average molecular weight is 247 g/mol. The summed E-state index contributed by atoms with van der Waals surface area (Å²) in [5, 5.41) is 10.9. The quantitative estimate of drug-likeness (QED) is 0.848. The van der Waals surface area contributed by atoms with Gasteiger partial charge in [-0.05, 0) is 48.2 Å². The van der Waals surface area contributed by atoms with Crippen molar-refractivity contribution in [3.63, 3.8) is 0 Å². The second-order valence-corrected chi connectivity index (χ2v) is 4.73. The van der Waals surface area contributed by atoms with Crippen LogP contribution in [-0.4, -0.2) is 5.11 Å².